The topological polar surface area (TPSA) is 40.5 Å². The van der Waals surface area contributed by atoms with Crippen molar-refractivity contribution in [1.82, 2.24) is 4.90 Å². The quantitative estimate of drug-likeness (QED) is 0.648. The van der Waals surface area contributed by atoms with Crippen molar-refractivity contribution in [3.8, 4) is 0 Å². The zero-order valence-electron chi connectivity index (χ0n) is 10.5. The van der Waals surface area contributed by atoms with Gasteiger partial charge >= 0.3 is 5.97 Å². The number of aliphatic carboxylic acids is 1. The van der Waals surface area contributed by atoms with E-state index in [1.54, 1.807) is 0 Å². The Balaban J connectivity index is 1.93. The lowest BCUT2D eigenvalue weighted by molar-refractivity contribution is -0.137. The van der Waals surface area contributed by atoms with Gasteiger partial charge in [-0.3, -0.25) is 4.79 Å². The van der Waals surface area contributed by atoms with Gasteiger partial charge in [-0.1, -0.05) is 25.7 Å². The van der Waals surface area contributed by atoms with Crippen molar-refractivity contribution >= 4 is 5.97 Å². The molecule has 0 aliphatic heterocycles. The lowest BCUT2D eigenvalue weighted by Crippen LogP contribution is -2.22. The number of carboxylic acids is 1. The molecule has 0 aromatic rings. The maximum absolute atomic E-state index is 10.3. The van der Waals surface area contributed by atoms with E-state index < -0.39 is 5.97 Å². The van der Waals surface area contributed by atoms with Crippen molar-refractivity contribution in [3.63, 3.8) is 0 Å². The molecule has 1 aliphatic rings. The number of carboxylic acid groups (broad SMARTS) is 1. The number of hydrogen-bond donors (Lipinski definition) is 1. The van der Waals surface area contributed by atoms with Gasteiger partial charge in [0.25, 0.3) is 0 Å². The van der Waals surface area contributed by atoms with Crippen LogP contribution in [0.5, 0.6) is 0 Å². The van der Waals surface area contributed by atoms with Crippen molar-refractivity contribution in [2.75, 3.05) is 20.1 Å². The molecular formula is C13H25NO2. The van der Waals surface area contributed by atoms with E-state index in [4.69, 9.17) is 5.11 Å². The first-order valence-electron chi connectivity index (χ1n) is 6.59. The molecule has 1 saturated carbocycles. The molecule has 0 bridgehead atoms. The Morgan fingerprint density at radius 1 is 1.25 bits per heavy atom. The summed E-state index contributed by atoms with van der Waals surface area (Å²) < 4.78 is 0. The summed E-state index contributed by atoms with van der Waals surface area (Å²) >= 11 is 0. The molecule has 0 aromatic carbocycles. The molecule has 94 valence electrons. The molecule has 0 heterocycles. The largest absolute Gasteiger partial charge is 0.481 e. The van der Waals surface area contributed by atoms with E-state index in [0.29, 0.717) is 6.42 Å². The van der Waals surface area contributed by atoms with Crippen molar-refractivity contribution < 1.29 is 9.90 Å². The molecule has 0 atom stereocenters. The average molecular weight is 227 g/mol. The highest BCUT2D eigenvalue weighted by molar-refractivity contribution is 5.66. The Hall–Kier alpha value is -0.570. The Labute approximate surface area is 98.8 Å². The van der Waals surface area contributed by atoms with Crippen LogP contribution in [-0.4, -0.2) is 36.1 Å². The molecule has 1 N–H and O–H groups in total. The van der Waals surface area contributed by atoms with E-state index in [-0.39, 0.29) is 0 Å². The fraction of sp³-hybridized carbons (Fsp3) is 0.923. The number of carbonyl (C=O) groups is 1. The Bertz CT molecular complexity index is 200. The SMILES string of the molecule is CN(CCCCC(=O)O)CCC1CCCC1. The third-order valence-corrected chi connectivity index (χ3v) is 3.57. The van der Waals surface area contributed by atoms with Gasteiger partial charge in [-0.05, 0) is 45.3 Å². The van der Waals surface area contributed by atoms with E-state index in [9.17, 15) is 4.79 Å². The van der Waals surface area contributed by atoms with Crippen molar-refractivity contribution in [2.45, 2.75) is 51.4 Å². The molecule has 0 spiro atoms. The molecule has 3 heteroatoms. The van der Waals surface area contributed by atoms with Gasteiger partial charge in [0, 0.05) is 6.42 Å². The summed E-state index contributed by atoms with van der Waals surface area (Å²) in [4.78, 5) is 12.7. The number of rotatable bonds is 8. The second kappa shape index (κ2) is 7.66. The van der Waals surface area contributed by atoms with Gasteiger partial charge in [-0.15, -0.1) is 0 Å². The van der Waals surface area contributed by atoms with Crippen molar-refractivity contribution in [1.29, 1.82) is 0 Å². The highest BCUT2D eigenvalue weighted by atomic mass is 16.4. The number of unbranched alkanes of at least 4 members (excludes halogenated alkanes) is 1. The van der Waals surface area contributed by atoms with Gasteiger partial charge < -0.3 is 10.0 Å². The lowest BCUT2D eigenvalue weighted by Gasteiger charge is -2.18. The van der Waals surface area contributed by atoms with Crippen LogP contribution in [0.1, 0.15) is 51.4 Å². The molecule has 1 aliphatic carbocycles. The zero-order chi connectivity index (χ0) is 11.8. The highest BCUT2D eigenvalue weighted by Gasteiger charge is 2.14. The maximum Gasteiger partial charge on any atom is 0.303 e. The molecule has 0 amide bonds. The predicted molar refractivity (Wildman–Crippen MR) is 65.6 cm³/mol. The second-order valence-corrected chi connectivity index (χ2v) is 5.09. The second-order valence-electron chi connectivity index (χ2n) is 5.09. The van der Waals surface area contributed by atoms with Crippen LogP contribution in [0.15, 0.2) is 0 Å². The van der Waals surface area contributed by atoms with E-state index in [2.05, 4.69) is 11.9 Å². The molecule has 0 unspecified atom stereocenters. The van der Waals surface area contributed by atoms with Crippen LogP contribution in [-0.2, 0) is 4.79 Å². The number of hydrogen-bond acceptors (Lipinski definition) is 2. The van der Waals surface area contributed by atoms with Crippen LogP contribution >= 0.6 is 0 Å². The first-order chi connectivity index (χ1) is 7.68. The zero-order valence-corrected chi connectivity index (χ0v) is 10.5. The standard InChI is InChI=1S/C13H25NO2/c1-14(10-5-4-8-13(15)16)11-9-12-6-2-3-7-12/h12H,2-11H2,1H3,(H,15,16). The first kappa shape index (κ1) is 13.5. The van der Waals surface area contributed by atoms with Gasteiger partial charge in [0.2, 0.25) is 0 Å². The number of nitrogens with zero attached hydrogens (tertiary/aromatic N) is 1. The summed E-state index contributed by atoms with van der Waals surface area (Å²) in [6, 6.07) is 0. The van der Waals surface area contributed by atoms with Gasteiger partial charge in [0.15, 0.2) is 0 Å². The Morgan fingerprint density at radius 3 is 2.56 bits per heavy atom. The Morgan fingerprint density at radius 2 is 1.94 bits per heavy atom. The summed E-state index contributed by atoms with van der Waals surface area (Å²) in [7, 11) is 2.15. The van der Waals surface area contributed by atoms with Gasteiger partial charge in [0.1, 0.15) is 0 Å². The summed E-state index contributed by atoms with van der Waals surface area (Å²) in [5.41, 5.74) is 0. The molecule has 3 nitrogen and oxygen atoms in total. The van der Waals surface area contributed by atoms with Crippen LogP contribution < -0.4 is 0 Å². The normalized spacial score (nSPS) is 17.1. The van der Waals surface area contributed by atoms with Crippen LogP contribution in [0.4, 0.5) is 0 Å². The van der Waals surface area contributed by atoms with Gasteiger partial charge in [-0.25, -0.2) is 0 Å². The third-order valence-electron chi connectivity index (χ3n) is 3.57. The fourth-order valence-electron chi connectivity index (χ4n) is 2.47. The van der Waals surface area contributed by atoms with Crippen LogP contribution in [0.2, 0.25) is 0 Å². The van der Waals surface area contributed by atoms with Gasteiger partial charge in [-0.2, -0.15) is 0 Å². The average Bonchev–Trinajstić information content (AvgIpc) is 2.74. The minimum Gasteiger partial charge on any atom is -0.481 e. The summed E-state index contributed by atoms with van der Waals surface area (Å²) in [6.07, 6.45) is 9.15. The molecule has 0 radical (unpaired) electrons. The maximum atomic E-state index is 10.3. The van der Waals surface area contributed by atoms with E-state index in [1.165, 1.54) is 38.6 Å². The van der Waals surface area contributed by atoms with Crippen LogP contribution in [0, 0.1) is 5.92 Å². The predicted octanol–water partition coefficient (Wildman–Crippen LogP) is 2.75. The third kappa shape index (κ3) is 6.11. The fourth-order valence-corrected chi connectivity index (χ4v) is 2.47. The Kier molecular flexibility index (Phi) is 6.46. The van der Waals surface area contributed by atoms with Crippen LogP contribution in [0.3, 0.4) is 0 Å². The van der Waals surface area contributed by atoms with E-state index >= 15 is 0 Å². The lowest BCUT2D eigenvalue weighted by atomic mass is 10.0. The minimum absolute atomic E-state index is 0.316. The summed E-state index contributed by atoms with van der Waals surface area (Å²) in [5, 5.41) is 8.51. The van der Waals surface area contributed by atoms with E-state index in [1.807, 2.05) is 0 Å². The first-order valence-corrected chi connectivity index (χ1v) is 6.59. The molecule has 16 heavy (non-hydrogen) atoms. The molecule has 0 aromatic heterocycles. The monoisotopic (exact) mass is 227 g/mol. The summed E-state index contributed by atoms with van der Waals surface area (Å²) in [6.45, 7) is 2.22. The van der Waals surface area contributed by atoms with Crippen molar-refractivity contribution in [3.05, 3.63) is 0 Å². The van der Waals surface area contributed by atoms with Crippen molar-refractivity contribution in [2.24, 2.45) is 5.92 Å². The smallest absolute Gasteiger partial charge is 0.303 e. The molecule has 1 fully saturated rings. The highest BCUT2D eigenvalue weighted by Crippen LogP contribution is 2.27. The molecule has 0 saturated heterocycles. The minimum atomic E-state index is -0.673. The summed E-state index contributed by atoms with van der Waals surface area (Å²) in [5.74, 6) is 0.287. The molecular weight excluding hydrogens is 202 g/mol. The molecule has 1 rings (SSSR count). The van der Waals surface area contributed by atoms with E-state index in [0.717, 1.165) is 25.3 Å². The van der Waals surface area contributed by atoms with Gasteiger partial charge in [0.05, 0.1) is 0 Å². The van der Waals surface area contributed by atoms with Crippen LogP contribution in [0.25, 0.3) is 0 Å².